The fourth-order valence-corrected chi connectivity index (χ4v) is 5.27. The summed E-state index contributed by atoms with van der Waals surface area (Å²) in [7, 11) is 0. The molecule has 37 heavy (non-hydrogen) atoms. The van der Waals surface area contributed by atoms with Gasteiger partial charge in [0, 0.05) is 30.0 Å². The fourth-order valence-electron chi connectivity index (χ4n) is 5.27. The van der Waals surface area contributed by atoms with E-state index in [9.17, 15) is 19.1 Å². The first-order valence-electron chi connectivity index (χ1n) is 12.4. The zero-order valence-electron chi connectivity index (χ0n) is 20.8. The van der Waals surface area contributed by atoms with Crippen molar-refractivity contribution < 1.29 is 19.1 Å². The maximum Gasteiger partial charge on any atom is 0.232 e. The van der Waals surface area contributed by atoms with E-state index in [1.165, 1.54) is 12.1 Å². The van der Waals surface area contributed by atoms with Gasteiger partial charge >= 0.3 is 0 Å². The van der Waals surface area contributed by atoms with Gasteiger partial charge in [-0.2, -0.15) is 5.10 Å². The van der Waals surface area contributed by atoms with Crippen molar-refractivity contribution >= 4 is 17.5 Å². The molecule has 0 bridgehead atoms. The van der Waals surface area contributed by atoms with E-state index < -0.39 is 17.7 Å². The molecular formula is C30H28FN3O3. The zero-order chi connectivity index (χ0) is 26.1. The van der Waals surface area contributed by atoms with E-state index in [0.29, 0.717) is 34.7 Å². The van der Waals surface area contributed by atoms with E-state index in [1.807, 2.05) is 62.4 Å². The van der Waals surface area contributed by atoms with Crippen LogP contribution in [0.2, 0.25) is 0 Å². The molecule has 0 spiro atoms. The Kier molecular flexibility index (Phi) is 6.72. The fraction of sp³-hybridized carbons (Fsp3) is 0.233. The molecule has 0 saturated carbocycles. The smallest absolute Gasteiger partial charge is 0.232 e. The number of anilines is 1. The second-order valence-electron chi connectivity index (χ2n) is 9.30. The van der Waals surface area contributed by atoms with Gasteiger partial charge in [0.1, 0.15) is 11.6 Å². The van der Waals surface area contributed by atoms with E-state index in [4.69, 9.17) is 5.10 Å². The predicted molar refractivity (Wildman–Crippen MR) is 139 cm³/mol. The van der Waals surface area contributed by atoms with Crippen molar-refractivity contribution in [3.63, 3.8) is 0 Å². The number of aliphatic hydroxyl groups excluding tert-OH is 1. The monoisotopic (exact) mass is 497 g/mol. The highest BCUT2D eigenvalue weighted by Crippen LogP contribution is 2.47. The molecule has 4 aromatic rings. The molecule has 0 unspecified atom stereocenters. The van der Waals surface area contributed by atoms with Crippen LogP contribution < -0.4 is 4.90 Å². The van der Waals surface area contributed by atoms with Crippen LogP contribution in [0.25, 0.3) is 5.69 Å². The number of aryl methyl sites for hydroxylation is 1. The molecule has 2 atom stereocenters. The Morgan fingerprint density at radius 2 is 1.76 bits per heavy atom. The molecule has 5 rings (SSSR count). The summed E-state index contributed by atoms with van der Waals surface area (Å²) in [5, 5.41) is 15.1. The molecule has 6 nitrogen and oxygen atoms in total. The van der Waals surface area contributed by atoms with Crippen molar-refractivity contribution in [1.29, 1.82) is 0 Å². The predicted octanol–water partition coefficient (Wildman–Crippen LogP) is 5.20. The van der Waals surface area contributed by atoms with Gasteiger partial charge in [-0.25, -0.2) is 9.07 Å². The first kappa shape index (κ1) is 24.6. The third-order valence-corrected chi connectivity index (χ3v) is 6.97. The van der Waals surface area contributed by atoms with Crippen molar-refractivity contribution in [2.24, 2.45) is 5.92 Å². The number of carbonyl (C=O) groups is 2. The number of amides is 1. The van der Waals surface area contributed by atoms with Gasteiger partial charge in [-0.15, -0.1) is 0 Å². The summed E-state index contributed by atoms with van der Waals surface area (Å²) in [4.78, 5) is 29.2. The number of halogens is 1. The number of aromatic nitrogens is 2. The molecule has 7 heteroatoms. The molecule has 1 aliphatic rings. The molecule has 1 aromatic heterocycles. The van der Waals surface area contributed by atoms with Crippen LogP contribution in [0.15, 0.2) is 78.9 Å². The molecule has 188 valence electrons. The van der Waals surface area contributed by atoms with Gasteiger partial charge in [-0.05, 0) is 49.7 Å². The van der Waals surface area contributed by atoms with Gasteiger partial charge in [0.25, 0.3) is 0 Å². The molecule has 1 N–H and O–H groups in total. The summed E-state index contributed by atoms with van der Waals surface area (Å²) < 4.78 is 15.6. The van der Waals surface area contributed by atoms with Crippen molar-refractivity contribution in [1.82, 2.24) is 9.78 Å². The van der Waals surface area contributed by atoms with Crippen LogP contribution in [-0.2, 0) is 11.4 Å². The number of rotatable bonds is 7. The number of fused-ring (bicyclic) bond motifs is 1. The summed E-state index contributed by atoms with van der Waals surface area (Å²) in [5.74, 6) is -1.50. The maximum atomic E-state index is 14.1. The van der Waals surface area contributed by atoms with Crippen LogP contribution in [0.3, 0.4) is 0 Å². The summed E-state index contributed by atoms with van der Waals surface area (Å²) in [5.41, 5.74) is 4.04. The third-order valence-electron chi connectivity index (χ3n) is 6.97. The molecule has 2 heterocycles. The Hall–Kier alpha value is -4.10. The number of hydrogen-bond donors (Lipinski definition) is 1. The van der Waals surface area contributed by atoms with E-state index in [0.717, 1.165) is 11.3 Å². The Bertz CT molecular complexity index is 1450. The molecule has 3 aromatic carbocycles. The molecule has 0 saturated heterocycles. The van der Waals surface area contributed by atoms with Gasteiger partial charge in [0.15, 0.2) is 5.78 Å². The summed E-state index contributed by atoms with van der Waals surface area (Å²) in [6, 6.07) is 22.7. The number of carbonyl (C=O) groups excluding carboxylic acids is 2. The van der Waals surface area contributed by atoms with Crippen LogP contribution in [0.5, 0.6) is 0 Å². The molecule has 0 fully saturated rings. The quantitative estimate of drug-likeness (QED) is 0.356. The van der Waals surface area contributed by atoms with Gasteiger partial charge in [-0.1, -0.05) is 54.1 Å². The van der Waals surface area contributed by atoms with E-state index in [2.05, 4.69) is 0 Å². The highest BCUT2D eigenvalue weighted by molar-refractivity contribution is 6.04. The second-order valence-corrected chi connectivity index (χ2v) is 9.30. The van der Waals surface area contributed by atoms with E-state index in [1.54, 1.807) is 27.8 Å². The van der Waals surface area contributed by atoms with E-state index >= 15 is 0 Å². The minimum absolute atomic E-state index is 0.0261. The Morgan fingerprint density at radius 1 is 1.03 bits per heavy atom. The lowest BCUT2D eigenvalue weighted by molar-refractivity contribution is -0.123. The summed E-state index contributed by atoms with van der Waals surface area (Å²) in [6.45, 7) is 3.81. The topological polar surface area (TPSA) is 75.4 Å². The molecule has 0 radical (unpaired) electrons. The van der Waals surface area contributed by atoms with Crippen LogP contribution in [0.1, 0.15) is 52.0 Å². The molecular weight excluding hydrogens is 469 g/mol. The third kappa shape index (κ3) is 4.47. The highest BCUT2D eigenvalue weighted by atomic mass is 19.1. The first-order chi connectivity index (χ1) is 17.9. The Balaban J connectivity index is 1.71. The van der Waals surface area contributed by atoms with E-state index in [-0.39, 0.29) is 24.7 Å². The van der Waals surface area contributed by atoms with Crippen molar-refractivity contribution in [2.45, 2.75) is 32.8 Å². The van der Waals surface area contributed by atoms with Crippen LogP contribution in [-0.4, -0.2) is 33.1 Å². The SMILES string of the molecule is CCN1C(=O)[C@@H](CC(=O)c2cccc(C)c2)[C@@H](c2ccc(F)cc2)c2c(CO)nn(-c3ccccc3)c21. The van der Waals surface area contributed by atoms with Gasteiger partial charge < -0.3 is 5.11 Å². The number of Topliss-reactive ketones (excluding diaryl/α,β-unsaturated/α-hetero) is 1. The lowest BCUT2D eigenvalue weighted by Crippen LogP contribution is -2.45. The molecule has 1 aliphatic heterocycles. The zero-order valence-corrected chi connectivity index (χ0v) is 20.8. The van der Waals surface area contributed by atoms with Crippen molar-refractivity contribution in [3.8, 4) is 5.69 Å². The number of hydrogen-bond acceptors (Lipinski definition) is 4. The number of aliphatic hydroxyl groups is 1. The van der Waals surface area contributed by atoms with Crippen LogP contribution in [0.4, 0.5) is 10.2 Å². The first-order valence-corrected chi connectivity index (χ1v) is 12.4. The summed E-state index contributed by atoms with van der Waals surface area (Å²) >= 11 is 0. The largest absolute Gasteiger partial charge is 0.390 e. The second kappa shape index (κ2) is 10.1. The lowest BCUT2D eigenvalue weighted by atomic mass is 9.74. The van der Waals surface area contributed by atoms with Crippen molar-refractivity contribution in [3.05, 3.63) is 113 Å². The number of nitrogens with zero attached hydrogens (tertiary/aromatic N) is 3. The number of ketones is 1. The van der Waals surface area contributed by atoms with Gasteiger partial charge in [0.2, 0.25) is 5.91 Å². The molecule has 0 aliphatic carbocycles. The van der Waals surface area contributed by atoms with Crippen LogP contribution >= 0.6 is 0 Å². The average molecular weight is 498 g/mol. The lowest BCUT2D eigenvalue weighted by Gasteiger charge is -2.38. The summed E-state index contributed by atoms with van der Waals surface area (Å²) in [6.07, 6.45) is -0.0261. The Morgan fingerprint density at radius 3 is 2.41 bits per heavy atom. The number of para-hydroxylation sites is 1. The normalized spacial score (nSPS) is 17.1. The minimum Gasteiger partial charge on any atom is -0.390 e. The van der Waals surface area contributed by atoms with Crippen molar-refractivity contribution in [2.75, 3.05) is 11.4 Å². The van der Waals surface area contributed by atoms with Gasteiger partial charge in [0.05, 0.1) is 23.9 Å². The van der Waals surface area contributed by atoms with Crippen LogP contribution in [0, 0.1) is 18.7 Å². The van der Waals surface area contributed by atoms with Gasteiger partial charge in [-0.3, -0.25) is 14.5 Å². The highest BCUT2D eigenvalue weighted by Gasteiger charge is 2.45. The minimum atomic E-state index is -0.746. The standard InChI is InChI=1S/C30H28FN3O3/c1-3-33-29-28(25(18-35)32-34(29)23-10-5-4-6-11-23)27(20-12-14-22(31)15-13-20)24(30(33)37)17-26(36)21-9-7-8-19(2)16-21/h4-16,24,27,35H,3,17-18H2,1-2H3/t24-,27+/m0/s1. The average Bonchev–Trinajstić information content (AvgIpc) is 3.29. The maximum absolute atomic E-state index is 14.1. The Labute approximate surface area is 215 Å². The molecule has 1 amide bonds. The number of benzene rings is 3.